The minimum Gasteiger partial charge on any atom is -0.496 e. The van der Waals surface area contributed by atoms with Crippen LogP contribution in [0.5, 0.6) is 46.0 Å². The van der Waals surface area contributed by atoms with E-state index in [9.17, 15) is 4.79 Å². The Morgan fingerprint density at radius 2 is 1.39 bits per heavy atom. The quantitative estimate of drug-likeness (QED) is 0.232. The van der Waals surface area contributed by atoms with Gasteiger partial charge in [0.2, 0.25) is 5.75 Å². The Morgan fingerprint density at radius 3 is 1.98 bits per heavy atom. The summed E-state index contributed by atoms with van der Waals surface area (Å²) >= 11 is 0. The van der Waals surface area contributed by atoms with E-state index in [1.54, 1.807) is 70.9 Å². The second-order valence-corrected chi connectivity index (χ2v) is 8.93. The van der Waals surface area contributed by atoms with Crippen molar-refractivity contribution in [3.63, 3.8) is 0 Å². The molecule has 2 atom stereocenters. The van der Waals surface area contributed by atoms with E-state index in [0.29, 0.717) is 58.0 Å². The van der Waals surface area contributed by atoms with Crippen molar-refractivity contribution in [2.24, 2.45) is 0 Å². The van der Waals surface area contributed by atoms with Crippen molar-refractivity contribution < 1.29 is 47.4 Å². The number of carbonyl (C=O) groups excluding carboxylic acids is 1. The minimum absolute atomic E-state index is 0.319. The van der Waals surface area contributed by atoms with Crippen molar-refractivity contribution in [1.82, 2.24) is 0 Å². The zero-order chi connectivity index (χ0) is 29.5. The molecular weight excluding hydrogens is 532 g/mol. The maximum absolute atomic E-state index is 13.1. The predicted molar refractivity (Wildman–Crippen MR) is 151 cm³/mol. The molecule has 10 nitrogen and oxygen atoms in total. The molecule has 0 fully saturated rings. The third kappa shape index (κ3) is 6.21. The average molecular weight is 567 g/mol. The van der Waals surface area contributed by atoms with Crippen LogP contribution >= 0.6 is 0 Å². The van der Waals surface area contributed by atoms with Crippen LogP contribution in [0.2, 0.25) is 0 Å². The predicted octanol–water partition coefficient (Wildman–Crippen LogP) is 5.05. The van der Waals surface area contributed by atoms with E-state index in [-0.39, 0.29) is 0 Å². The minimum atomic E-state index is -0.727. The molecule has 218 valence electrons. The molecule has 0 amide bonds. The molecule has 2 unspecified atom stereocenters. The monoisotopic (exact) mass is 566 g/mol. The van der Waals surface area contributed by atoms with Gasteiger partial charge in [-0.3, -0.25) is 0 Å². The molecule has 3 aromatic rings. The molecule has 0 saturated carbocycles. The van der Waals surface area contributed by atoms with Crippen molar-refractivity contribution in [2.45, 2.75) is 18.6 Å². The third-order valence-corrected chi connectivity index (χ3v) is 6.70. The first-order valence-electron chi connectivity index (χ1n) is 12.7. The Morgan fingerprint density at radius 1 is 0.732 bits per heavy atom. The summed E-state index contributed by atoms with van der Waals surface area (Å²) in [5.41, 5.74) is 2.15. The molecule has 1 aliphatic heterocycles. The topological polar surface area (TPSA) is 100 Å². The molecule has 4 rings (SSSR count). The SMILES string of the molecule is COc1cc(OC)c2c(c1)OC(c1cc(OC)c(OC)c(OC)c1)C(OC(=O)/C=C/c1ccc(OC)c(OC)c1)C2. The van der Waals surface area contributed by atoms with E-state index in [4.69, 9.17) is 42.6 Å². The average Bonchev–Trinajstić information content (AvgIpc) is 3.01. The number of ether oxygens (including phenoxy) is 9. The fourth-order valence-corrected chi connectivity index (χ4v) is 4.68. The van der Waals surface area contributed by atoms with Crippen molar-refractivity contribution in [3.8, 4) is 46.0 Å². The smallest absolute Gasteiger partial charge is 0.331 e. The Bertz CT molecular complexity index is 1390. The normalized spacial score (nSPS) is 15.8. The largest absolute Gasteiger partial charge is 0.496 e. The van der Waals surface area contributed by atoms with Crippen LogP contribution in [0.4, 0.5) is 0 Å². The van der Waals surface area contributed by atoms with Crippen LogP contribution in [0.25, 0.3) is 6.08 Å². The van der Waals surface area contributed by atoms with E-state index in [1.165, 1.54) is 27.4 Å². The highest BCUT2D eigenvalue weighted by Crippen LogP contribution is 2.46. The lowest BCUT2D eigenvalue weighted by molar-refractivity contribution is -0.149. The van der Waals surface area contributed by atoms with Crippen LogP contribution in [0, 0.1) is 0 Å². The summed E-state index contributed by atoms with van der Waals surface area (Å²) in [4.78, 5) is 13.1. The maximum Gasteiger partial charge on any atom is 0.331 e. The number of hydrogen-bond acceptors (Lipinski definition) is 10. The number of hydrogen-bond donors (Lipinski definition) is 0. The van der Waals surface area contributed by atoms with Crippen molar-refractivity contribution >= 4 is 12.0 Å². The summed E-state index contributed by atoms with van der Waals surface area (Å²) in [6, 6.07) is 12.4. The molecular formula is C31H34O10. The van der Waals surface area contributed by atoms with E-state index in [1.807, 2.05) is 6.07 Å². The summed E-state index contributed by atoms with van der Waals surface area (Å²) in [6.45, 7) is 0. The number of esters is 1. The zero-order valence-electron chi connectivity index (χ0n) is 24.1. The van der Waals surface area contributed by atoms with Gasteiger partial charge >= 0.3 is 5.97 Å². The second kappa shape index (κ2) is 13.1. The Hall–Kier alpha value is -4.73. The number of benzene rings is 3. The number of methoxy groups -OCH3 is 7. The van der Waals surface area contributed by atoms with Gasteiger partial charge in [-0.1, -0.05) is 6.07 Å². The second-order valence-electron chi connectivity index (χ2n) is 8.93. The lowest BCUT2D eigenvalue weighted by Gasteiger charge is -2.34. The van der Waals surface area contributed by atoms with Gasteiger partial charge in [0.15, 0.2) is 29.1 Å². The van der Waals surface area contributed by atoms with Gasteiger partial charge in [-0.15, -0.1) is 0 Å². The van der Waals surface area contributed by atoms with Gasteiger partial charge in [-0.2, -0.15) is 0 Å². The van der Waals surface area contributed by atoms with E-state index in [0.717, 1.165) is 11.1 Å². The molecule has 0 aromatic heterocycles. The summed E-state index contributed by atoms with van der Waals surface area (Å²) in [6.07, 6.45) is 1.87. The summed E-state index contributed by atoms with van der Waals surface area (Å²) in [7, 11) is 10.8. The highest BCUT2D eigenvalue weighted by atomic mass is 16.6. The van der Waals surface area contributed by atoms with Crippen molar-refractivity contribution in [1.29, 1.82) is 0 Å². The molecule has 0 bridgehead atoms. The summed E-state index contributed by atoms with van der Waals surface area (Å²) in [5, 5.41) is 0. The van der Waals surface area contributed by atoms with Gasteiger partial charge in [0.05, 0.1) is 49.8 Å². The first-order valence-corrected chi connectivity index (χ1v) is 12.7. The standard InChI is InChI=1S/C31H34O10/c1-33-20-15-23(35-3)21-17-28(40-29(32)11-9-18-8-10-22(34-2)25(12-18)36-4)30(41-24(21)16-20)19-13-26(37-5)31(39-7)27(14-19)38-6/h8-16,28,30H,17H2,1-7H3/b11-9+. The fourth-order valence-electron chi connectivity index (χ4n) is 4.68. The number of carbonyl (C=O) groups is 1. The van der Waals surface area contributed by atoms with Crippen LogP contribution < -0.4 is 37.9 Å². The highest BCUT2D eigenvalue weighted by Gasteiger charge is 2.37. The molecule has 1 aliphatic rings. The lowest BCUT2D eigenvalue weighted by Crippen LogP contribution is -2.34. The van der Waals surface area contributed by atoms with Crippen molar-refractivity contribution in [3.05, 3.63) is 65.2 Å². The van der Waals surface area contributed by atoms with Crippen molar-refractivity contribution in [2.75, 3.05) is 49.8 Å². The first kappa shape index (κ1) is 29.3. The molecule has 0 aliphatic carbocycles. The zero-order valence-corrected chi connectivity index (χ0v) is 24.1. The lowest BCUT2D eigenvalue weighted by atomic mass is 9.93. The van der Waals surface area contributed by atoms with Gasteiger partial charge in [-0.05, 0) is 35.9 Å². The molecule has 0 radical (unpaired) electrons. The van der Waals surface area contributed by atoms with Crippen LogP contribution in [-0.4, -0.2) is 61.8 Å². The molecule has 1 heterocycles. The van der Waals surface area contributed by atoms with Crippen LogP contribution in [0.3, 0.4) is 0 Å². The van der Waals surface area contributed by atoms with E-state index >= 15 is 0 Å². The van der Waals surface area contributed by atoms with Gasteiger partial charge in [-0.25, -0.2) is 4.79 Å². The molecule has 0 spiro atoms. The van der Waals surface area contributed by atoms with Gasteiger partial charge in [0.25, 0.3) is 0 Å². The summed E-state index contributed by atoms with van der Waals surface area (Å²) < 4.78 is 50.7. The number of fused-ring (bicyclic) bond motifs is 1. The Labute approximate surface area is 239 Å². The maximum atomic E-state index is 13.1. The Balaban J connectivity index is 1.70. The van der Waals surface area contributed by atoms with Crippen LogP contribution in [0.15, 0.2) is 48.5 Å². The van der Waals surface area contributed by atoms with Gasteiger partial charge < -0.3 is 42.6 Å². The third-order valence-electron chi connectivity index (χ3n) is 6.70. The molecule has 41 heavy (non-hydrogen) atoms. The fraction of sp³-hybridized carbons (Fsp3) is 0.323. The molecule has 3 aromatic carbocycles. The first-order chi connectivity index (χ1) is 19.9. The van der Waals surface area contributed by atoms with E-state index < -0.39 is 18.2 Å². The molecule has 10 heteroatoms. The molecule has 0 N–H and O–H groups in total. The van der Waals surface area contributed by atoms with Gasteiger partial charge in [0.1, 0.15) is 23.4 Å². The highest BCUT2D eigenvalue weighted by molar-refractivity contribution is 5.87. The van der Waals surface area contributed by atoms with Crippen LogP contribution in [-0.2, 0) is 16.0 Å². The Kier molecular flexibility index (Phi) is 9.34. The number of rotatable bonds is 11. The van der Waals surface area contributed by atoms with Gasteiger partial charge in [0, 0.05) is 35.8 Å². The van der Waals surface area contributed by atoms with Crippen LogP contribution in [0.1, 0.15) is 22.8 Å². The summed E-state index contributed by atoms with van der Waals surface area (Å²) in [5.74, 6) is 3.58. The van der Waals surface area contributed by atoms with E-state index in [2.05, 4.69) is 0 Å². The molecule has 0 saturated heterocycles.